The minimum atomic E-state index is 0.0408. The Labute approximate surface area is 194 Å². The maximum absolute atomic E-state index is 13.4. The maximum atomic E-state index is 13.4. The molecule has 32 heavy (non-hydrogen) atoms. The molecule has 1 saturated heterocycles. The van der Waals surface area contributed by atoms with Crippen molar-refractivity contribution in [3.8, 4) is 5.75 Å². The molecule has 0 bridgehead atoms. The molecule has 5 heteroatoms. The second kappa shape index (κ2) is 9.49. The van der Waals surface area contributed by atoms with Gasteiger partial charge in [-0.2, -0.15) is 0 Å². The zero-order chi connectivity index (χ0) is 22.7. The van der Waals surface area contributed by atoms with E-state index < -0.39 is 0 Å². The minimum Gasteiger partial charge on any atom is -0.508 e. The van der Waals surface area contributed by atoms with Crippen molar-refractivity contribution in [2.45, 2.75) is 20.3 Å². The van der Waals surface area contributed by atoms with Gasteiger partial charge in [0.05, 0.1) is 11.4 Å². The van der Waals surface area contributed by atoms with E-state index >= 15 is 0 Å². The van der Waals surface area contributed by atoms with Gasteiger partial charge < -0.3 is 10.0 Å². The monoisotopic (exact) mass is 446 g/mol. The summed E-state index contributed by atoms with van der Waals surface area (Å²) in [6, 6.07) is 21.4. The van der Waals surface area contributed by atoms with Gasteiger partial charge in [0, 0.05) is 30.2 Å². The summed E-state index contributed by atoms with van der Waals surface area (Å²) in [5.74, 6) is 0.851. The fourth-order valence-corrected chi connectivity index (χ4v) is 4.18. The largest absolute Gasteiger partial charge is 0.508 e. The summed E-state index contributed by atoms with van der Waals surface area (Å²) in [6.45, 7) is 4.55. The van der Waals surface area contributed by atoms with Gasteiger partial charge in [0.15, 0.2) is 0 Å². The van der Waals surface area contributed by atoms with Crippen LogP contribution in [0, 0.1) is 5.92 Å². The lowest BCUT2D eigenvalue weighted by atomic mass is 10.1. The quantitative estimate of drug-likeness (QED) is 0.468. The number of fused-ring (bicyclic) bond motifs is 1. The zero-order valence-corrected chi connectivity index (χ0v) is 19.1. The molecule has 1 atom stereocenters. The summed E-state index contributed by atoms with van der Waals surface area (Å²) >= 11 is 6.17. The van der Waals surface area contributed by atoms with Crippen LogP contribution in [-0.4, -0.2) is 23.4 Å². The predicted molar refractivity (Wildman–Crippen MR) is 133 cm³/mol. The van der Waals surface area contributed by atoms with Crippen LogP contribution in [0.4, 0.5) is 11.4 Å². The van der Waals surface area contributed by atoms with Crippen LogP contribution in [0.5, 0.6) is 5.75 Å². The number of carbonyl (C=O) groups excluding carboxylic acids is 1. The zero-order valence-electron chi connectivity index (χ0n) is 18.3. The molecule has 1 heterocycles. The standard InChI is InChI=1S/C27H27ClN2O2/c1-3-25-26(16-19(2)18-28)29(22-10-12-24(31)13-11-22)15-14-27(32)30(25)23-9-8-20-6-4-5-7-21(20)17-23/h3-13,16-17,19,31H,14-15,18H2,1-2H3/b25-3+,26-16+. The van der Waals surface area contributed by atoms with Gasteiger partial charge in [-0.15, -0.1) is 11.6 Å². The van der Waals surface area contributed by atoms with Crippen LogP contribution in [-0.2, 0) is 4.79 Å². The molecule has 1 fully saturated rings. The number of allylic oxidation sites excluding steroid dienone is 2. The predicted octanol–water partition coefficient (Wildman–Crippen LogP) is 6.45. The highest BCUT2D eigenvalue weighted by molar-refractivity contribution is 6.18. The number of carbonyl (C=O) groups is 1. The Morgan fingerprint density at radius 2 is 1.69 bits per heavy atom. The summed E-state index contributed by atoms with van der Waals surface area (Å²) in [4.78, 5) is 17.4. The van der Waals surface area contributed by atoms with Gasteiger partial charge in [-0.05, 0) is 60.0 Å². The first-order valence-corrected chi connectivity index (χ1v) is 11.4. The fourth-order valence-electron chi connectivity index (χ4n) is 4.09. The second-order valence-corrected chi connectivity index (χ2v) is 8.34. The van der Waals surface area contributed by atoms with Crippen molar-refractivity contribution in [1.82, 2.24) is 0 Å². The van der Waals surface area contributed by atoms with E-state index in [4.69, 9.17) is 11.6 Å². The van der Waals surface area contributed by atoms with Gasteiger partial charge in [0.25, 0.3) is 0 Å². The van der Waals surface area contributed by atoms with Gasteiger partial charge in [-0.1, -0.05) is 49.4 Å². The summed E-state index contributed by atoms with van der Waals surface area (Å²) in [5.41, 5.74) is 3.53. The van der Waals surface area contributed by atoms with Crippen LogP contribution in [0.1, 0.15) is 20.3 Å². The molecule has 0 aromatic heterocycles. The molecule has 164 valence electrons. The van der Waals surface area contributed by atoms with E-state index in [1.807, 2.05) is 48.2 Å². The van der Waals surface area contributed by atoms with Crippen LogP contribution in [0.2, 0.25) is 0 Å². The lowest BCUT2D eigenvalue weighted by Gasteiger charge is -2.30. The first-order valence-electron chi connectivity index (χ1n) is 10.8. The number of phenols is 1. The number of amides is 1. The fraction of sp³-hybridized carbons (Fsp3) is 0.222. The van der Waals surface area contributed by atoms with Gasteiger partial charge >= 0.3 is 0 Å². The normalized spacial score (nSPS) is 18.4. The van der Waals surface area contributed by atoms with Crippen LogP contribution >= 0.6 is 11.6 Å². The average Bonchev–Trinajstić information content (AvgIpc) is 2.95. The van der Waals surface area contributed by atoms with E-state index in [1.54, 1.807) is 12.1 Å². The molecular weight excluding hydrogens is 420 g/mol. The summed E-state index contributed by atoms with van der Waals surface area (Å²) in [6.07, 6.45) is 4.47. The first-order chi connectivity index (χ1) is 15.5. The van der Waals surface area contributed by atoms with E-state index in [1.165, 1.54) is 0 Å². The van der Waals surface area contributed by atoms with Crippen molar-refractivity contribution >= 4 is 39.7 Å². The number of phenolic OH excluding ortho intramolecular Hbond substituents is 1. The number of aromatic hydroxyl groups is 1. The summed E-state index contributed by atoms with van der Waals surface area (Å²) < 4.78 is 0. The topological polar surface area (TPSA) is 43.8 Å². The maximum Gasteiger partial charge on any atom is 0.233 e. The Kier molecular flexibility index (Phi) is 6.52. The molecule has 3 aromatic rings. The summed E-state index contributed by atoms with van der Waals surface area (Å²) in [7, 11) is 0. The lowest BCUT2D eigenvalue weighted by Crippen LogP contribution is -2.30. The number of hydrogen-bond donors (Lipinski definition) is 1. The Balaban J connectivity index is 1.85. The Morgan fingerprint density at radius 3 is 2.38 bits per heavy atom. The highest BCUT2D eigenvalue weighted by atomic mass is 35.5. The van der Waals surface area contributed by atoms with Gasteiger partial charge in [0.2, 0.25) is 5.91 Å². The molecule has 4 rings (SSSR count). The molecule has 4 nitrogen and oxygen atoms in total. The lowest BCUT2D eigenvalue weighted by molar-refractivity contribution is -0.117. The highest BCUT2D eigenvalue weighted by Gasteiger charge is 2.30. The molecule has 1 aliphatic rings. The third kappa shape index (κ3) is 4.37. The number of rotatable bonds is 4. The second-order valence-electron chi connectivity index (χ2n) is 8.04. The van der Waals surface area contributed by atoms with Gasteiger partial charge in [0.1, 0.15) is 5.75 Å². The molecular formula is C27H27ClN2O2. The van der Waals surface area contributed by atoms with Crippen molar-refractivity contribution in [3.05, 3.63) is 90.3 Å². The van der Waals surface area contributed by atoms with Crippen molar-refractivity contribution < 1.29 is 9.90 Å². The smallest absolute Gasteiger partial charge is 0.233 e. The molecule has 1 unspecified atom stereocenters. The van der Waals surface area contributed by atoms with E-state index in [9.17, 15) is 9.90 Å². The van der Waals surface area contributed by atoms with Crippen LogP contribution < -0.4 is 9.80 Å². The molecule has 1 amide bonds. The van der Waals surface area contributed by atoms with Crippen molar-refractivity contribution in [2.24, 2.45) is 5.92 Å². The molecule has 1 N–H and O–H groups in total. The molecule has 0 aliphatic carbocycles. The Morgan fingerprint density at radius 1 is 1.00 bits per heavy atom. The third-order valence-electron chi connectivity index (χ3n) is 5.70. The molecule has 0 saturated carbocycles. The van der Waals surface area contributed by atoms with Gasteiger partial charge in [-0.3, -0.25) is 9.69 Å². The number of anilines is 2. The molecule has 3 aromatic carbocycles. The molecule has 1 aliphatic heterocycles. The highest BCUT2D eigenvalue weighted by Crippen LogP contribution is 2.35. The molecule has 0 radical (unpaired) electrons. The molecule has 0 spiro atoms. The van der Waals surface area contributed by atoms with Crippen LogP contribution in [0.15, 0.2) is 90.3 Å². The average molecular weight is 447 g/mol. The number of benzene rings is 3. The number of nitrogens with zero attached hydrogens (tertiary/aromatic N) is 2. The SMILES string of the molecule is C/C=C1\C(=C/C(C)CCl)N(c2ccc(O)cc2)CCC(=O)N1c1ccc2ccccc2c1. The van der Waals surface area contributed by atoms with Crippen molar-refractivity contribution in [1.29, 1.82) is 0 Å². The number of alkyl halides is 1. The Bertz CT molecular complexity index is 1180. The van der Waals surface area contributed by atoms with Crippen molar-refractivity contribution in [2.75, 3.05) is 22.2 Å². The van der Waals surface area contributed by atoms with Gasteiger partial charge in [-0.25, -0.2) is 0 Å². The van der Waals surface area contributed by atoms with Crippen LogP contribution in [0.25, 0.3) is 10.8 Å². The van der Waals surface area contributed by atoms with Crippen molar-refractivity contribution in [3.63, 3.8) is 0 Å². The number of hydrogen-bond acceptors (Lipinski definition) is 3. The third-order valence-corrected chi connectivity index (χ3v) is 6.19. The van der Waals surface area contributed by atoms with E-state index in [0.29, 0.717) is 18.8 Å². The van der Waals surface area contributed by atoms with E-state index in [0.717, 1.165) is 33.5 Å². The summed E-state index contributed by atoms with van der Waals surface area (Å²) in [5, 5.41) is 12.0. The van der Waals surface area contributed by atoms with E-state index in [2.05, 4.69) is 42.2 Å². The minimum absolute atomic E-state index is 0.0408. The van der Waals surface area contributed by atoms with Crippen LogP contribution in [0.3, 0.4) is 0 Å². The Hall–Kier alpha value is -3.24. The van der Waals surface area contributed by atoms with E-state index in [-0.39, 0.29) is 17.6 Å². The number of halogens is 1. The first kappa shape index (κ1) is 22.0.